The quantitative estimate of drug-likeness (QED) is 0.814. The van der Waals surface area contributed by atoms with E-state index in [1.54, 1.807) is 0 Å². The van der Waals surface area contributed by atoms with Gasteiger partial charge in [0, 0.05) is 18.8 Å². The third kappa shape index (κ3) is 3.47. The predicted molar refractivity (Wildman–Crippen MR) is 72.3 cm³/mol. The number of hydrogen-bond donors (Lipinski definition) is 1. The summed E-state index contributed by atoms with van der Waals surface area (Å²) in [6.07, 6.45) is 3.61. The summed E-state index contributed by atoms with van der Waals surface area (Å²) in [5.74, 6) is 0.915. The molecule has 2 nitrogen and oxygen atoms in total. The molecule has 2 heteroatoms. The molecule has 94 valence electrons. The standard InChI is InChI=1S/C15H23NO/c1-3-10-16(11-13-4-5-13)15-8-6-14(7-9-15)12(2)17/h6-9,12-13,17H,3-5,10-11H2,1-2H3. The second kappa shape index (κ2) is 5.54. The lowest BCUT2D eigenvalue weighted by atomic mass is 10.1. The third-order valence-electron chi connectivity index (χ3n) is 3.41. The van der Waals surface area contributed by atoms with Crippen molar-refractivity contribution < 1.29 is 5.11 Å². The zero-order valence-corrected chi connectivity index (χ0v) is 10.9. The number of rotatable bonds is 6. The van der Waals surface area contributed by atoms with Crippen molar-refractivity contribution in [3.8, 4) is 0 Å². The fourth-order valence-electron chi connectivity index (χ4n) is 2.17. The maximum Gasteiger partial charge on any atom is 0.0761 e. The van der Waals surface area contributed by atoms with Gasteiger partial charge in [-0.05, 0) is 49.8 Å². The first-order valence-electron chi connectivity index (χ1n) is 6.73. The molecule has 1 aromatic rings. The zero-order valence-electron chi connectivity index (χ0n) is 10.9. The Balaban J connectivity index is 2.05. The highest BCUT2D eigenvalue weighted by molar-refractivity contribution is 5.48. The third-order valence-corrected chi connectivity index (χ3v) is 3.41. The molecule has 0 radical (unpaired) electrons. The zero-order chi connectivity index (χ0) is 12.3. The Hall–Kier alpha value is -1.02. The molecule has 0 aromatic heterocycles. The van der Waals surface area contributed by atoms with Crippen molar-refractivity contribution in [2.45, 2.75) is 39.2 Å². The summed E-state index contributed by atoms with van der Waals surface area (Å²) >= 11 is 0. The van der Waals surface area contributed by atoms with Crippen LogP contribution in [0, 0.1) is 5.92 Å². The second-order valence-corrected chi connectivity index (χ2v) is 5.16. The molecule has 1 atom stereocenters. The molecular weight excluding hydrogens is 210 g/mol. The molecule has 1 unspecified atom stereocenters. The minimum absolute atomic E-state index is 0.368. The Labute approximate surface area is 104 Å². The van der Waals surface area contributed by atoms with E-state index in [4.69, 9.17) is 0 Å². The van der Waals surface area contributed by atoms with Crippen LogP contribution in [0.15, 0.2) is 24.3 Å². The summed E-state index contributed by atoms with van der Waals surface area (Å²) in [6, 6.07) is 8.35. The van der Waals surface area contributed by atoms with Crippen LogP contribution in [0.25, 0.3) is 0 Å². The van der Waals surface area contributed by atoms with Gasteiger partial charge >= 0.3 is 0 Å². The molecule has 0 heterocycles. The van der Waals surface area contributed by atoms with Gasteiger partial charge in [0.1, 0.15) is 0 Å². The number of aliphatic hydroxyl groups excluding tert-OH is 1. The number of hydrogen-bond acceptors (Lipinski definition) is 2. The van der Waals surface area contributed by atoms with Gasteiger partial charge in [-0.25, -0.2) is 0 Å². The minimum Gasteiger partial charge on any atom is -0.389 e. The minimum atomic E-state index is -0.368. The summed E-state index contributed by atoms with van der Waals surface area (Å²) in [4.78, 5) is 2.48. The molecule has 1 aliphatic rings. The van der Waals surface area contributed by atoms with E-state index < -0.39 is 0 Å². The Morgan fingerprint density at radius 3 is 2.41 bits per heavy atom. The van der Waals surface area contributed by atoms with Crippen molar-refractivity contribution in [3.63, 3.8) is 0 Å². The van der Waals surface area contributed by atoms with E-state index in [-0.39, 0.29) is 6.10 Å². The normalized spacial score (nSPS) is 16.9. The Morgan fingerprint density at radius 1 is 1.29 bits per heavy atom. The highest BCUT2D eigenvalue weighted by atomic mass is 16.3. The predicted octanol–water partition coefficient (Wildman–Crippen LogP) is 3.37. The highest BCUT2D eigenvalue weighted by Crippen LogP contribution is 2.31. The Kier molecular flexibility index (Phi) is 4.06. The summed E-state index contributed by atoms with van der Waals surface area (Å²) in [6.45, 7) is 6.36. The first kappa shape index (κ1) is 12.4. The molecule has 0 amide bonds. The van der Waals surface area contributed by atoms with Crippen LogP contribution < -0.4 is 4.90 Å². The Morgan fingerprint density at radius 2 is 1.94 bits per heavy atom. The van der Waals surface area contributed by atoms with Crippen LogP contribution in [0.5, 0.6) is 0 Å². The fourth-order valence-corrected chi connectivity index (χ4v) is 2.17. The Bertz CT molecular complexity index is 340. The average molecular weight is 233 g/mol. The molecule has 1 saturated carbocycles. The fraction of sp³-hybridized carbons (Fsp3) is 0.600. The first-order chi connectivity index (χ1) is 8.20. The van der Waals surface area contributed by atoms with Crippen molar-refractivity contribution >= 4 is 5.69 Å². The lowest BCUT2D eigenvalue weighted by Gasteiger charge is -2.24. The van der Waals surface area contributed by atoms with Crippen LogP contribution >= 0.6 is 0 Å². The maximum absolute atomic E-state index is 9.50. The molecular formula is C15H23NO. The molecule has 1 aromatic carbocycles. The van der Waals surface area contributed by atoms with Crippen molar-refractivity contribution in [2.24, 2.45) is 5.92 Å². The van der Waals surface area contributed by atoms with Crippen molar-refractivity contribution in [3.05, 3.63) is 29.8 Å². The van der Waals surface area contributed by atoms with Gasteiger partial charge in [0.2, 0.25) is 0 Å². The van der Waals surface area contributed by atoms with Gasteiger partial charge in [0.05, 0.1) is 6.10 Å². The lowest BCUT2D eigenvalue weighted by molar-refractivity contribution is 0.199. The molecule has 0 spiro atoms. The van der Waals surface area contributed by atoms with Crippen LogP contribution in [-0.2, 0) is 0 Å². The summed E-state index contributed by atoms with van der Waals surface area (Å²) in [5, 5.41) is 9.50. The number of anilines is 1. The molecule has 2 rings (SSSR count). The van der Waals surface area contributed by atoms with Crippen molar-refractivity contribution in [1.82, 2.24) is 0 Å². The van der Waals surface area contributed by atoms with E-state index in [9.17, 15) is 5.11 Å². The summed E-state index contributed by atoms with van der Waals surface area (Å²) in [5.41, 5.74) is 2.29. The topological polar surface area (TPSA) is 23.5 Å². The monoisotopic (exact) mass is 233 g/mol. The largest absolute Gasteiger partial charge is 0.389 e. The van der Waals surface area contributed by atoms with Gasteiger partial charge in [-0.15, -0.1) is 0 Å². The van der Waals surface area contributed by atoms with E-state index >= 15 is 0 Å². The lowest BCUT2D eigenvalue weighted by Crippen LogP contribution is -2.26. The van der Waals surface area contributed by atoms with Gasteiger partial charge < -0.3 is 10.0 Å². The van der Waals surface area contributed by atoms with Crippen LogP contribution in [0.2, 0.25) is 0 Å². The van der Waals surface area contributed by atoms with Crippen LogP contribution in [0.1, 0.15) is 44.8 Å². The molecule has 0 saturated heterocycles. The molecule has 0 bridgehead atoms. The van der Waals surface area contributed by atoms with E-state index in [0.717, 1.165) is 18.0 Å². The molecule has 1 fully saturated rings. The van der Waals surface area contributed by atoms with Gasteiger partial charge in [-0.2, -0.15) is 0 Å². The molecule has 1 N–H and O–H groups in total. The summed E-state index contributed by atoms with van der Waals surface area (Å²) < 4.78 is 0. The van der Waals surface area contributed by atoms with Gasteiger partial charge in [0.25, 0.3) is 0 Å². The van der Waals surface area contributed by atoms with Crippen molar-refractivity contribution in [1.29, 1.82) is 0 Å². The SMILES string of the molecule is CCCN(CC1CC1)c1ccc(C(C)O)cc1. The van der Waals surface area contributed by atoms with Gasteiger partial charge in [-0.3, -0.25) is 0 Å². The number of nitrogens with zero attached hydrogens (tertiary/aromatic N) is 1. The molecule has 0 aliphatic heterocycles. The van der Waals surface area contributed by atoms with Gasteiger partial charge in [0.15, 0.2) is 0 Å². The first-order valence-corrected chi connectivity index (χ1v) is 6.73. The summed E-state index contributed by atoms with van der Waals surface area (Å²) in [7, 11) is 0. The van der Waals surface area contributed by atoms with Crippen LogP contribution in [0.3, 0.4) is 0 Å². The van der Waals surface area contributed by atoms with Crippen LogP contribution in [0.4, 0.5) is 5.69 Å². The number of aliphatic hydroxyl groups is 1. The number of benzene rings is 1. The average Bonchev–Trinajstić information content (AvgIpc) is 3.13. The second-order valence-electron chi connectivity index (χ2n) is 5.16. The van der Waals surface area contributed by atoms with Gasteiger partial charge in [-0.1, -0.05) is 19.1 Å². The van der Waals surface area contributed by atoms with Crippen molar-refractivity contribution in [2.75, 3.05) is 18.0 Å². The van der Waals surface area contributed by atoms with E-state index in [1.807, 2.05) is 19.1 Å². The highest BCUT2D eigenvalue weighted by Gasteiger charge is 2.24. The smallest absolute Gasteiger partial charge is 0.0761 e. The van der Waals surface area contributed by atoms with E-state index in [0.29, 0.717) is 0 Å². The maximum atomic E-state index is 9.50. The van der Waals surface area contributed by atoms with E-state index in [1.165, 1.54) is 31.5 Å². The molecule has 1 aliphatic carbocycles. The van der Waals surface area contributed by atoms with E-state index in [2.05, 4.69) is 24.0 Å². The molecule has 17 heavy (non-hydrogen) atoms. The van der Waals surface area contributed by atoms with Crippen LogP contribution in [-0.4, -0.2) is 18.2 Å².